The molecule has 2 aromatic rings. The molecule has 3 heteroatoms. The lowest BCUT2D eigenvalue weighted by atomic mass is 9.84. The molecule has 0 radical (unpaired) electrons. The summed E-state index contributed by atoms with van der Waals surface area (Å²) in [6.45, 7) is 5.23. The lowest BCUT2D eigenvalue weighted by molar-refractivity contribution is 0.719. The van der Waals surface area contributed by atoms with Gasteiger partial charge < -0.3 is 5.32 Å². The van der Waals surface area contributed by atoms with E-state index < -0.39 is 0 Å². The van der Waals surface area contributed by atoms with E-state index in [1.54, 1.807) is 0 Å². The normalized spacial score (nSPS) is 17.5. The van der Waals surface area contributed by atoms with Gasteiger partial charge in [-0.15, -0.1) is 0 Å². The smallest absolute Gasteiger partial charge is 0.0479 e. The Balaban J connectivity index is 2.14. The monoisotopic (exact) mass is 305 g/mol. The maximum absolute atomic E-state index is 6.45. The molecule has 1 aliphatic rings. The molecular formula is C17H17Cl2N. The number of rotatable bonds is 1. The molecule has 0 saturated carbocycles. The van der Waals surface area contributed by atoms with Crippen LogP contribution >= 0.6 is 23.2 Å². The van der Waals surface area contributed by atoms with Gasteiger partial charge in [0.15, 0.2) is 0 Å². The Morgan fingerprint density at radius 2 is 1.70 bits per heavy atom. The first-order chi connectivity index (χ1) is 9.54. The summed E-state index contributed by atoms with van der Waals surface area (Å²) >= 11 is 12.5. The molecule has 0 amide bonds. The Labute approximate surface area is 129 Å². The Morgan fingerprint density at radius 3 is 2.40 bits per heavy atom. The summed E-state index contributed by atoms with van der Waals surface area (Å²) in [7, 11) is 0. The predicted molar refractivity (Wildman–Crippen MR) is 87.3 cm³/mol. The highest BCUT2D eigenvalue weighted by Gasteiger charge is 2.25. The van der Waals surface area contributed by atoms with Gasteiger partial charge in [0.05, 0.1) is 0 Å². The largest absolute Gasteiger partial charge is 0.385 e. The van der Waals surface area contributed by atoms with Gasteiger partial charge in [0.1, 0.15) is 0 Å². The zero-order valence-electron chi connectivity index (χ0n) is 11.6. The van der Waals surface area contributed by atoms with E-state index >= 15 is 0 Å². The van der Waals surface area contributed by atoms with Gasteiger partial charge in [-0.1, -0.05) is 52.5 Å². The van der Waals surface area contributed by atoms with Crippen LogP contribution < -0.4 is 5.32 Å². The average Bonchev–Trinajstić information content (AvgIpc) is 2.36. The van der Waals surface area contributed by atoms with Crippen molar-refractivity contribution in [2.24, 2.45) is 0 Å². The second kappa shape index (κ2) is 5.31. The highest BCUT2D eigenvalue weighted by molar-refractivity contribution is 6.35. The number of benzene rings is 2. The molecule has 0 saturated heterocycles. The van der Waals surface area contributed by atoms with Crippen LogP contribution in [0.1, 0.15) is 34.6 Å². The Bertz CT molecular complexity index is 644. The fraction of sp³-hybridized carbons (Fsp3) is 0.294. The molecule has 1 atom stereocenters. The average molecular weight is 306 g/mol. The van der Waals surface area contributed by atoms with Gasteiger partial charge in [0.25, 0.3) is 0 Å². The third kappa shape index (κ3) is 2.53. The summed E-state index contributed by atoms with van der Waals surface area (Å²) in [6, 6.07) is 10.5. The third-order valence-electron chi connectivity index (χ3n) is 3.84. The van der Waals surface area contributed by atoms with E-state index in [1.165, 1.54) is 22.3 Å². The molecule has 2 aromatic carbocycles. The van der Waals surface area contributed by atoms with Crippen molar-refractivity contribution in [1.29, 1.82) is 0 Å². The second-order valence-corrected chi connectivity index (χ2v) is 6.38. The van der Waals surface area contributed by atoms with Crippen LogP contribution in [0, 0.1) is 13.8 Å². The molecule has 1 unspecified atom stereocenters. The molecular weight excluding hydrogens is 289 g/mol. The van der Waals surface area contributed by atoms with Gasteiger partial charge in [-0.25, -0.2) is 0 Å². The molecule has 104 valence electrons. The van der Waals surface area contributed by atoms with E-state index in [0.717, 1.165) is 23.7 Å². The van der Waals surface area contributed by atoms with E-state index in [2.05, 4.69) is 37.4 Å². The molecule has 0 fully saturated rings. The standard InChI is InChI=1S/C17H17Cl2N/c1-10-5-11(2)7-12(6-10)14-3-4-20-16-9-13(18)8-15(19)17(14)16/h5-9,14,20H,3-4H2,1-2H3. The predicted octanol–water partition coefficient (Wildman–Crippen LogP) is 5.56. The van der Waals surface area contributed by atoms with Crippen molar-refractivity contribution >= 4 is 28.9 Å². The van der Waals surface area contributed by atoms with E-state index in [-0.39, 0.29) is 0 Å². The zero-order valence-corrected chi connectivity index (χ0v) is 13.1. The molecule has 0 spiro atoms. The van der Waals surface area contributed by atoms with E-state index in [0.29, 0.717) is 10.9 Å². The third-order valence-corrected chi connectivity index (χ3v) is 4.37. The maximum atomic E-state index is 6.45. The van der Waals surface area contributed by atoms with Gasteiger partial charge in [0, 0.05) is 33.8 Å². The van der Waals surface area contributed by atoms with Crippen LogP contribution in [-0.2, 0) is 0 Å². The fourth-order valence-electron chi connectivity index (χ4n) is 3.13. The molecule has 1 N–H and O–H groups in total. The number of nitrogens with one attached hydrogen (secondary N) is 1. The second-order valence-electron chi connectivity index (χ2n) is 5.54. The summed E-state index contributed by atoms with van der Waals surface area (Å²) in [4.78, 5) is 0. The van der Waals surface area contributed by atoms with Crippen LogP contribution in [0.2, 0.25) is 10.0 Å². The van der Waals surface area contributed by atoms with Crippen LogP contribution in [0.5, 0.6) is 0 Å². The van der Waals surface area contributed by atoms with Crippen molar-refractivity contribution in [3.63, 3.8) is 0 Å². The van der Waals surface area contributed by atoms with Crippen molar-refractivity contribution in [1.82, 2.24) is 0 Å². The molecule has 0 aromatic heterocycles. The maximum Gasteiger partial charge on any atom is 0.0479 e. The van der Waals surface area contributed by atoms with Crippen molar-refractivity contribution in [3.05, 3.63) is 62.6 Å². The van der Waals surface area contributed by atoms with E-state index in [4.69, 9.17) is 23.2 Å². The van der Waals surface area contributed by atoms with Crippen LogP contribution in [0.3, 0.4) is 0 Å². The highest BCUT2D eigenvalue weighted by Crippen LogP contribution is 2.42. The summed E-state index contributed by atoms with van der Waals surface area (Å²) in [5.74, 6) is 0.342. The van der Waals surface area contributed by atoms with Crippen molar-refractivity contribution in [2.45, 2.75) is 26.2 Å². The molecule has 0 bridgehead atoms. The van der Waals surface area contributed by atoms with Gasteiger partial charge in [-0.3, -0.25) is 0 Å². The van der Waals surface area contributed by atoms with Crippen molar-refractivity contribution in [3.8, 4) is 0 Å². The van der Waals surface area contributed by atoms with Crippen molar-refractivity contribution < 1.29 is 0 Å². The minimum absolute atomic E-state index is 0.342. The minimum Gasteiger partial charge on any atom is -0.385 e. The number of aryl methyl sites for hydroxylation is 2. The van der Waals surface area contributed by atoms with Crippen LogP contribution in [-0.4, -0.2) is 6.54 Å². The summed E-state index contributed by atoms with van der Waals surface area (Å²) in [5.41, 5.74) is 6.18. The van der Waals surface area contributed by atoms with Crippen LogP contribution in [0.4, 0.5) is 5.69 Å². The summed E-state index contributed by atoms with van der Waals surface area (Å²) in [5, 5.41) is 4.84. The Kier molecular flexibility index (Phi) is 3.66. The van der Waals surface area contributed by atoms with Gasteiger partial charge in [-0.05, 0) is 38.0 Å². The van der Waals surface area contributed by atoms with Gasteiger partial charge in [-0.2, -0.15) is 0 Å². The number of fused-ring (bicyclic) bond motifs is 1. The molecule has 20 heavy (non-hydrogen) atoms. The summed E-state index contributed by atoms with van der Waals surface area (Å²) < 4.78 is 0. The molecule has 1 aliphatic heterocycles. The highest BCUT2D eigenvalue weighted by atomic mass is 35.5. The first-order valence-corrected chi connectivity index (χ1v) is 7.61. The Morgan fingerprint density at radius 1 is 1.00 bits per heavy atom. The first kappa shape index (κ1) is 13.8. The topological polar surface area (TPSA) is 12.0 Å². The number of hydrogen-bond donors (Lipinski definition) is 1. The van der Waals surface area contributed by atoms with E-state index in [1.807, 2.05) is 12.1 Å². The molecule has 0 aliphatic carbocycles. The zero-order chi connectivity index (χ0) is 14.3. The van der Waals surface area contributed by atoms with E-state index in [9.17, 15) is 0 Å². The summed E-state index contributed by atoms with van der Waals surface area (Å²) in [6.07, 6.45) is 1.05. The van der Waals surface area contributed by atoms with Gasteiger partial charge in [0.2, 0.25) is 0 Å². The van der Waals surface area contributed by atoms with Crippen LogP contribution in [0.25, 0.3) is 0 Å². The Hall–Kier alpha value is -1.18. The number of hydrogen-bond acceptors (Lipinski definition) is 1. The van der Waals surface area contributed by atoms with Crippen molar-refractivity contribution in [2.75, 3.05) is 11.9 Å². The molecule has 1 heterocycles. The quantitative estimate of drug-likeness (QED) is 0.727. The number of anilines is 1. The minimum atomic E-state index is 0.342. The lowest BCUT2D eigenvalue weighted by Gasteiger charge is -2.29. The molecule has 3 rings (SSSR count). The molecule has 1 nitrogen and oxygen atoms in total. The first-order valence-electron chi connectivity index (χ1n) is 6.85. The van der Waals surface area contributed by atoms with Crippen LogP contribution in [0.15, 0.2) is 30.3 Å². The number of halogens is 2. The fourth-order valence-corrected chi connectivity index (χ4v) is 3.75. The SMILES string of the molecule is Cc1cc(C)cc(C2CCNc3cc(Cl)cc(Cl)c32)c1. The lowest BCUT2D eigenvalue weighted by Crippen LogP contribution is -2.18. The van der Waals surface area contributed by atoms with Gasteiger partial charge >= 0.3 is 0 Å².